The number of rotatable bonds is 3. The van der Waals surface area contributed by atoms with Crippen molar-refractivity contribution in [2.75, 3.05) is 6.54 Å². The van der Waals surface area contributed by atoms with Crippen LogP contribution in [0.2, 0.25) is 0 Å². The van der Waals surface area contributed by atoms with Gasteiger partial charge in [-0.3, -0.25) is 0 Å². The maximum atomic E-state index is 5.47. The lowest BCUT2D eigenvalue weighted by molar-refractivity contribution is 0.833. The lowest BCUT2D eigenvalue weighted by Gasteiger charge is -2.01. The predicted molar refractivity (Wildman–Crippen MR) is 56.9 cm³/mol. The van der Waals surface area contributed by atoms with Gasteiger partial charge >= 0.3 is 0 Å². The fourth-order valence-electron chi connectivity index (χ4n) is 1.51. The highest BCUT2D eigenvalue weighted by atomic mass is 15.1. The van der Waals surface area contributed by atoms with E-state index in [0.717, 1.165) is 30.2 Å². The molecule has 14 heavy (non-hydrogen) atoms. The van der Waals surface area contributed by atoms with Gasteiger partial charge in [-0.15, -0.1) is 0 Å². The number of hydrogen-bond acceptors (Lipinski definition) is 3. The second-order valence-electron chi connectivity index (χ2n) is 3.34. The average molecular weight is 187 g/mol. The second kappa shape index (κ2) is 4.15. The molecule has 2 aromatic rings. The molecular formula is C11H13N3. The van der Waals surface area contributed by atoms with E-state index in [1.165, 1.54) is 5.56 Å². The molecule has 2 rings (SSSR count). The van der Waals surface area contributed by atoms with E-state index < -0.39 is 0 Å². The first-order valence-electron chi connectivity index (χ1n) is 4.79. The van der Waals surface area contributed by atoms with Gasteiger partial charge in [0, 0.05) is 10.8 Å². The topological polar surface area (TPSA) is 51.8 Å². The largest absolute Gasteiger partial charge is 0.330 e. The Kier molecular flexibility index (Phi) is 2.70. The van der Waals surface area contributed by atoms with Gasteiger partial charge in [-0.05, 0) is 31.0 Å². The van der Waals surface area contributed by atoms with Gasteiger partial charge in [-0.25, -0.2) is 0 Å². The Hall–Kier alpha value is -1.48. The van der Waals surface area contributed by atoms with Crippen molar-refractivity contribution in [1.29, 1.82) is 0 Å². The molecule has 1 aromatic carbocycles. The zero-order valence-electron chi connectivity index (χ0n) is 7.98. The Balaban J connectivity index is 2.32. The van der Waals surface area contributed by atoms with Crippen LogP contribution in [0.25, 0.3) is 10.8 Å². The molecule has 2 N–H and O–H groups in total. The third-order valence-corrected chi connectivity index (χ3v) is 2.28. The van der Waals surface area contributed by atoms with Crippen LogP contribution in [0.4, 0.5) is 0 Å². The highest BCUT2D eigenvalue weighted by molar-refractivity contribution is 5.81. The lowest BCUT2D eigenvalue weighted by Crippen LogP contribution is -2.00. The van der Waals surface area contributed by atoms with Crippen molar-refractivity contribution in [3.8, 4) is 0 Å². The quantitative estimate of drug-likeness (QED) is 0.792. The molecule has 0 fully saturated rings. The molecule has 0 spiro atoms. The Morgan fingerprint density at radius 3 is 2.64 bits per heavy atom. The fourth-order valence-corrected chi connectivity index (χ4v) is 1.51. The summed E-state index contributed by atoms with van der Waals surface area (Å²) >= 11 is 0. The van der Waals surface area contributed by atoms with Crippen molar-refractivity contribution in [1.82, 2.24) is 10.2 Å². The molecule has 1 aromatic heterocycles. The van der Waals surface area contributed by atoms with Gasteiger partial charge in [0.05, 0.1) is 12.4 Å². The molecule has 0 saturated heterocycles. The molecule has 0 saturated carbocycles. The number of aryl methyl sites for hydroxylation is 1. The van der Waals surface area contributed by atoms with E-state index in [-0.39, 0.29) is 0 Å². The van der Waals surface area contributed by atoms with Crippen LogP contribution in [0, 0.1) is 0 Å². The average Bonchev–Trinajstić information content (AvgIpc) is 2.26. The molecule has 0 aliphatic carbocycles. The van der Waals surface area contributed by atoms with Gasteiger partial charge in [0.15, 0.2) is 0 Å². The molecule has 0 aliphatic rings. The van der Waals surface area contributed by atoms with E-state index in [0.29, 0.717) is 0 Å². The van der Waals surface area contributed by atoms with E-state index >= 15 is 0 Å². The number of aromatic nitrogens is 2. The Morgan fingerprint density at radius 2 is 1.86 bits per heavy atom. The summed E-state index contributed by atoms with van der Waals surface area (Å²) in [7, 11) is 0. The molecule has 0 unspecified atom stereocenters. The Bertz CT molecular complexity index is 426. The molecule has 0 aliphatic heterocycles. The summed E-state index contributed by atoms with van der Waals surface area (Å²) in [6.07, 6.45) is 5.64. The van der Waals surface area contributed by atoms with E-state index in [9.17, 15) is 0 Å². The summed E-state index contributed by atoms with van der Waals surface area (Å²) in [6, 6.07) is 6.36. The van der Waals surface area contributed by atoms with Crippen molar-refractivity contribution < 1.29 is 0 Å². The van der Waals surface area contributed by atoms with Gasteiger partial charge in [0.1, 0.15) is 0 Å². The molecule has 1 heterocycles. The highest BCUT2D eigenvalue weighted by Gasteiger charge is 1.96. The SMILES string of the molecule is NCCCc1ccc2cnncc2c1. The van der Waals surface area contributed by atoms with Gasteiger partial charge in [0.2, 0.25) is 0 Å². The molecule has 72 valence electrons. The minimum atomic E-state index is 0.743. The summed E-state index contributed by atoms with van der Waals surface area (Å²) in [5, 5.41) is 9.98. The van der Waals surface area contributed by atoms with Crippen molar-refractivity contribution >= 4 is 10.8 Å². The monoisotopic (exact) mass is 187 g/mol. The van der Waals surface area contributed by atoms with Crippen LogP contribution in [0.1, 0.15) is 12.0 Å². The molecular weight excluding hydrogens is 174 g/mol. The first-order valence-corrected chi connectivity index (χ1v) is 4.79. The maximum Gasteiger partial charge on any atom is 0.0574 e. The normalized spacial score (nSPS) is 10.6. The molecule has 3 nitrogen and oxygen atoms in total. The standard InChI is InChI=1S/C11H13N3/c12-5-1-2-9-3-4-10-7-13-14-8-11(10)6-9/h3-4,6-8H,1-2,5,12H2. The number of fused-ring (bicyclic) bond motifs is 1. The van der Waals surface area contributed by atoms with Crippen LogP contribution < -0.4 is 5.73 Å². The molecule has 0 atom stereocenters. The summed E-state index contributed by atoms with van der Waals surface area (Å²) < 4.78 is 0. The highest BCUT2D eigenvalue weighted by Crippen LogP contribution is 2.14. The van der Waals surface area contributed by atoms with Crippen LogP contribution >= 0.6 is 0 Å². The van der Waals surface area contributed by atoms with Crippen LogP contribution in [0.5, 0.6) is 0 Å². The zero-order chi connectivity index (χ0) is 9.80. The van der Waals surface area contributed by atoms with E-state index in [4.69, 9.17) is 5.73 Å². The third-order valence-electron chi connectivity index (χ3n) is 2.28. The predicted octanol–water partition coefficient (Wildman–Crippen LogP) is 1.52. The van der Waals surface area contributed by atoms with Crippen molar-refractivity contribution in [3.63, 3.8) is 0 Å². The maximum absolute atomic E-state index is 5.47. The summed E-state index contributed by atoms with van der Waals surface area (Å²) in [5.74, 6) is 0. The molecule has 0 radical (unpaired) electrons. The van der Waals surface area contributed by atoms with E-state index in [1.807, 2.05) is 0 Å². The third kappa shape index (κ3) is 1.88. The second-order valence-corrected chi connectivity index (χ2v) is 3.34. The first kappa shape index (κ1) is 9.09. The minimum Gasteiger partial charge on any atom is -0.330 e. The minimum absolute atomic E-state index is 0.743. The molecule has 3 heteroatoms. The summed E-state index contributed by atoms with van der Waals surface area (Å²) in [5.41, 5.74) is 6.78. The van der Waals surface area contributed by atoms with E-state index in [1.54, 1.807) is 12.4 Å². The van der Waals surface area contributed by atoms with Gasteiger partial charge in [0.25, 0.3) is 0 Å². The Labute approximate surface area is 83.0 Å². The fraction of sp³-hybridized carbons (Fsp3) is 0.273. The summed E-state index contributed by atoms with van der Waals surface area (Å²) in [6.45, 7) is 0.743. The van der Waals surface area contributed by atoms with Gasteiger partial charge in [-0.1, -0.05) is 12.1 Å². The van der Waals surface area contributed by atoms with E-state index in [2.05, 4.69) is 28.4 Å². The Morgan fingerprint density at radius 1 is 1.07 bits per heavy atom. The van der Waals surface area contributed by atoms with Crippen LogP contribution in [-0.4, -0.2) is 16.7 Å². The molecule has 0 amide bonds. The number of hydrogen-bond donors (Lipinski definition) is 1. The zero-order valence-corrected chi connectivity index (χ0v) is 7.98. The van der Waals surface area contributed by atoms with Crippen LogP contribution in [0.15, 0.2) is 30.6 Å². The first-order chi connectivity index (χ1) is 6.90. The number of nitrogens with two attached hydrogens (primary N) is 1. The van der Waals surface area contributed by atoms with Crippen molar-refractivity contribution in [2.45, 2.75) is 12.8 Å². The lowest BCUT2D eigenvalue weighted by atomic mass is 10.1. The smallest absolute Gasteiger partial charge is 0.0574 e. The van der Waals surface area contributed by atoms with Crippen molar-refractivity contribution in [3.05, 3.63) is 36.2 Å². The molecule has 0 bridgehead atoms. The van der Waals surface area contributed by atoms with Gasteiger partial charge < -0.3 is 5.73 Å². The number of benzene rings is 1. The van der Waals surface area contributed by atoms with Crippen LogP contribution in [-0.2, 0) is 6.42 Å². The number of nitrogens with zero attached hydrogens (tertiary/aromatic N) is 2. The van der Waals surface area contributed by atoms with Crippen LogP contribution in [0.3, 0.4) is 0 Å². The van der Waals surface area contributed by atoms with Gasteiger partial charge in [-0.2, -0.15) is 10.2 Å². The summed E-state index contributed by atoms with van der Waals surface area (Å²) in [4.78, 5) is 0. The van der Waals surface area contributed by atoms with Crippen molar-refractivity contribution in [2.24, 2.45) is 5.73 Å².